The summed E-state index contributed by atoms with van der Waals surface area (Å²) in [6.45, 7) is 1.58. The van der Waals surface area contributed by atoms with Gasteiger partial charge in [0.15, 0.2) is 0 Å². The van der Waals surface area contributed by atoms with Crippen molar-refractivity contribution in [2.24, 2.45) is 5.73 Å². The Morgan fingerprint density at radius 1 is 1.15 bits per heavy atom. The normalized spacial score (nSPS) is 12.3. The van der Waals surface area contributed by atoms with Gasteiger partial charge in [-0.3, -0.25) is 0 Å². The maximum Gasteiger partial charge on any atom is 0.133 e. The summed E-state index contributed by atoms with van der Waals surface area (Å²) in [5, 5.41) is 0. The SMILES string of the molecule is COc1ccc(C(N)c2cc(C)c(F)cc2F)cc1Br. The molecule has 0 saturated carbocycles. The standard InChI is InChI=1S/C15H14BrF2NO/c1-8-5-10(13(18)7-12(8)17)15(19)9-3-4-14(20-2)11(16)6-9/h3-7,15H,19H2,1-2H3. The summed E-state index contributed by atoms with van der Waals surface area (Å²) in [5.41, 5.74) is 7.41. The van der Waals surface area contributed by atoms with E-state index in [0.717, 1.165) is 10.5 Å². The summed E-state index contributed by atoms with van der Waals surface area (Å²) in [6, 6.07) is 6.90. The molecule has 2 nitrogen and oxygen atoms in total. The Morgan fingerprint density at radius 3 is 2.45 bits per heavy atom. The Hall–Kier alpha value is -1.46. The van der Waals surface area contributed by atoms with Gasteiger partial charge in [-0.1, -0.05) is 6.07 Å². The molecule has 0 amide bonds. The highest BCUT2D eigenvalue weighted by Gasteiger charge is 2.17. The van der Waals surface area contributed by atoms with E-state index in [1.165, 1.54) is 6.07 Å². The predicted octanol–water partition coefficient (Wildman–Crippen LogP) is 4.09. The number of methoxy groups -OCH3 is 1. The third-order valence-corrected chi connectivity index (χ3v) is 3.77. The van der Waals surface area contributed by atoms with Crippen molar-refractivity contribution in [1.29, 1.82) is 0 Å². The van der Waals surface area contributed by atoms with Gasteiger partial charge in [0.25, 0.3) is 0 Å². The number of aryl methyl sites for hydroxylation is 1. The minimum atomic E-state index is -0.670. The minimum absolute atomic E-state index is 0.265. The lowest BCUT2D eigenvalue weighted by atomic mass is 9.97. The van der Waals surface area contributed by atoms with E-state index in [1.54, 1.807) is 32.2 Å². The van der Waals surface area contributed by atoms with Gasteiger partial charge in [-0.15, -0.1) is 0 Å². The summed E-state index contributed by atoms with van der Waals surface area (Å²) in [7, 11) is 1.56. The molecule has 2 N–H and O–H groups in total. The molecule has 0 radical (unpaired) electrons. The van der Waals surface area contributed by atoms with Crippen molar-refractivity contribution < 1.29 is 13.5 Å². The molecule has 1 atom stereocenters. The number of rotatable bonds is 3. The van der Waals surface area contributed by atoms with Crippen molar-refractivity contribution >= 4 is 15.9 Å². The van der Waals surface area contributed by atoms with Gasteiger partial charge >= 0.3 is 0 Å². The molecule has 0 heterocycles. The van der Waals surface area contributed by atoms with Crippen LogP contribution in [-0.2, 0) is 0 Å². The molecule has 5 heteroatoms. The Labute approximate surface area is 124 Å². The van der Waals surface area contributed by atoms with E-state index in [4.69, 9.17) is 10.5 Å². The third kappa shape index (κ3) is 2.83. The number of hydrogen-bond acceptors (Lipinski definition) is 2. The van der Waals surface area contributed by atoms with Crippen molar-refractivity contribution in [2.45, 2.75) is 13.0 Å². The van der Waals surface area contributed by atoms with Gasteiger partial charge in [-0.2, -0.15) is 0 Å². The Bertz CT molecular complexity index is 646. The quantitative estimate of drug-likeness (QED) is 0.912. The molecule has 2 rings (SSSR count). The van der Waals surface area contributed by atoms with Crippen LogP contribution in [-0.4, -0.2) is 7.11 Å². The van der Waals surface area contributed by atoms with E-state index >= 15 is 0 Å². The van der Waals surface area contributed by atoms with Crippen LogP contribution in [0.2, 0.25) is 0 Å². The molecule has 0 saturated heterocycles. The molecule has 0 aliphatic heterocycles. The lowest BCUT2D eigenvalue weighted by Gasteiger charge is -2.16. The fourth-order valence-corrected chi connectivity index (χ4v) is 2.53. The van der Waals surface area contributed by atoms with Crippen LogP contribution in [0.15, 0.2) is 34.8 Å². The summed E-state index contributed by atoms with van der Waals surface area (Å²) in [4.78, 5) is 0. The lowest BCUT2D eigenvalue weighted by molar-refractivity contribution is 0.412. The van der Waals surface area contributed by atoms with Crippen LogP contribution in [0.3, 0.4) is 0 Å². The van der Waals surface area contributed by atoms with Gasteiger partial charge in [0.05, 0.1) is 17.6 Å². The molecule has 1 unspecified atom stereocenters. The zero-order valence-corrected chi connectivity index (χ0v) is 12.7. The molecule has 20 heavy (non-hydrogen) atoms. The average Bonchev–Trinajstić information content (AvgIpc) is 2.42. The van der Waals surface area contributed by atoms with Crippen molar-refractivity contribution in [3.63, 3.8) is 0 Å². The first-order valence-corrected chi connectivity index (χ1v) is 6.78. The fourth-order valence-electron chi connectivity index (χ4n) is 1.97. The molecule has 106 valence electrons. The highest BCUT2D eigenvalue weighted by Crippen LogP contribution is 2.31. The van der Waals surface area contributed by atoms with Crippen LogP contribution >= 0.6 is 15.9 Å². The first kappa shape index (κ1) is 14.9. The second kappa shape index (κ2) is 5.89. The average molecular weight is 342 g/mol. The Morgan fingerprint density at radius 2 is 1.85 bits per heavy atom. The Balaban J connectivity index is 2.43. The molecule has 0 aliphatic rings. The lowest BCUT2D eigenvalue weighted by Crippen LogP contribution is -2.14. The van der Waals surface area contributed by atoms with Gasteiger partial charge in [-0.25, -0.2) is 8.78 Å². The first-order valence-electron chi connectivity index (χ1n) is 5.98. The van der Waals surface area contributed by atoms with E-state index in [2.05, 4.69) is 15.9 Å². The van der Waals surface area contributed by atoms with Gasteiger partial charge in [0.2, 0.25) is 0 Å². The first-order chi connectivity index (χ1) is 9.43. The summed E-state index contributed by atoms with van der Waals surface area (Å²) < 4.78 is 33.0. The number of ether oxygens (including phenoxy) is 1. The minimum Gasteiger partial charge on any atom is -0.496 e. The second-order valence-corrected chi connectivity index (χ2v) is 5.35. The van der Waals surface area contributed by atoms with Crippen molar-refractivity contribution in [3.05, 3.63) is 63.1 Å². The molecule has 0 aromatic heterocycles. The smallest absolute Gasteiger partial charge is 0.133 e. The van der Waals surface area contributed by atoms with Crippen LogP contribution < -0.4 is 10.5 Å². The van der Waals surface area contributed by atoms with Gasteiger partial charge in [0.1, 0.15) is 17.4 Å². The molecular weight excluding hydrogens is 328 g/mol. The van der Waals surface area contributed by atoms with E-state index in [-0.39, 0.29) is 5.56 Å². The second-order valence-electron chi connectivity index (χ2n) is 4.49. The van der Waals surface area contributed by atoms with Gasteiger partial charge in [0, 0.05) is 11.6 Å². The zero-order chi connectivity index (χ0) is 14.9. The van der Waals surface area contributed by atoms with Gasteiger partial charge < -0.3 is 10.5 Å². The third-order valence-electron chi connectivity index (χ3n) is 3.15. The summed E-state index contributed by atoms with van der Waals surface area (Å²) in [5.74, 6) is -0.557. The van der Waals surface area contributed by atoms with E-state index in [0.29, 0.717) is 16.9 Å². The molecular formula is C15H14BrF2NO. The van der Waals surface area contributed by atoms with Crippen LogP contribution in [0.1, 0.15) is 22.7 Å². The number of hydrogen-bond donors (Lipinski definition) is 1. The monoisotopic (exact) mass is 341 g/mol. The van der Waals surface area contributed by atoms with E-state index in [9.17, 15) is 8.78 Å². The van der Waals surface area contributed by atoms with Crippen LogP contribution in [0, 0.1) is 18.6 Å². The van der Waals surface area contributed by atoms with Crippen molar-refractivity contribution in [2.75, 3.05) is 7.11 Å². The Kier molecular flexibility index (Phi) is 4.40. The fraction of sp³-hybridized carbons (Fsp3) is 0.200. The molecule has 2 aromatic rings. The highest BCUT2D eigenvalue weighted by atomic mass is 79.9. The van der Waals surface area contributed by atoms with Crippen molar-refractivity contribution in [3.8, 4) is 5.75 Å². The number of nitrogens with two attached hydrogens (primary N) is 1. The molecule has 0 bridgehead atoms. The van der Waals surface area contributed by atoms with Crippen molar-refractivity contribution in [1.82, 2.24) is 0 Å². The maximum atomic E-state index is 13.9. The molecule has 2 aromatic carbocycles. The number of benzene rings is 2. The van der Waals surface area contributed by atoms with Crippen LogP contribution in [0.25, 0.3) is 0 Å². The molecule has 0 spiro atoms. The maximum absolute atomic E-state index is 13.9. The van der Waals surface area contributed by atoms with E-state index in [1.807, 2.05) is 0 Å². The largest absolute Gasteiger partial charge is 0.496 e. The molecule has 0 fully saturated rings. The van der Waals surface area contributed by atoms with Gasteiger partial charge in [-0.05, 0) is 52.2 Å². The zero-order valence-electron chi connectivity index (χ0n) is 11.1. The summed E-state index contributed by atoms with van der Waals surface area (Å²) in [6.07, 6.45) is 0. The molecule has 0 aliphatic carbocycles. The van der Waals surface area contributed by atoms with E-state index < -0.39 is 17.7 Å². The number of halogens is 3. The topological polar surface area (TPSA) is 35.2 Å². The van der Waals surface area contributed by atoms with Crippen LogP contribution in [0.5, 0.6) is 5.75 Å². The van der Waals surface area contributed by atoms with Crippen LogP contribution in [0.4, 0.5) is 8.78 Å². The highest BCUT2D eigenvalue weighted by molar-refractivity contribution is 9.10. The summed E-state index contributed by atoms with van der Waals surface area (Å²) >= 11 is 3.36. The predicted molar refractivity (Wildman–Crippen MR) is 77.8 cm³/mol.